The summed E-state index contributed by atoms with van der Waals surface area (Å²) in [4.78, 5) is 2.53. The molecule has 1 aliphatic heterocycles. The van der Waals surface area contributed by atoms with Crippen LogP contribution in [0.1, 0.15) is 6.42 Å². The van der Waals surface area contributed by atoms with Crippen LogP contribution >= 0.6 is 24.4 Å². The van der Waals surface area contributed by atoms with Gasteiger partial charge in [0, 0.05) is 24.6 Å². The van der Waals surface area contributed by atoms with Crippen LogP contribution in [-0.2, 0) is 0 Å². The van der Waals surface area contributed by atoms with Crippen molar-refractivity contribution in [3.63, 3.8) is 0 Å². The molecular formula is C7H15NS2. The second-order valence-electron chi connectivity index (χ2n) is 2.53. The summed E-state index contributed by atoms with van der Waals surface area (Å²) >= 11 is 6.26. The largest absolute Gasteiger partial charge is 0.302 e. The van der Waals surface area contributed by atoms with E-state index in [1.165, 1.54) is 37.6 Å². The van der Waals surface area contributed by atoms with Gasteiger partial charge >= 0.3 is 0 Å². The Balaban J connectivity index is 2.02. The minimum Gasteiger partial charge on any atom is -0.302 e. The molecule has 1 aliphatic rings. The number of thioether (sulfide) groups is 1. The lowest BCUT2D eigenvalue weighted by molar-refractivity contribution is 0.304. The van der Waals surface area contributed by atoms with Gasteiger partial charge in [0.25, 0.3) is 0 Å². The molecule has 1 rings (SSSR count). The van der Waals surface area contributed by atoms with Gasteiger partial charge < -0.3 is 4.90 Å². The number of hydrogen-bond acceptors (Lipinski definition) is 3. The second-order valence-corrected chi connectivity index (χ2v) is 4.20. The second kappa shape index (κ2) is 5.33. The van der Waals surface area contributed by atoms with Crippen LogP contribution in [0.15, 0.2) is 0 Å². The summed E-state index contributed by atoms with van der Waals surface area (Å²) in [5.41, 5.74) is 0. The molecular weight excluding hydrogens is 162 g/mol. The lowest BCUT2D eigenvalue weighted by atomic mass is 10.4. The molecule has 0 aromatic rings. The summed E-state index contributed by atoms with van der Waals surface area (Å²) in [7, 11) is 0. The first kappa shape index (κ1) is 8.75. The molecule has 0 N–H and O–H groups in total. The molecule has 0 atom stereocenters. The van der Waals surface area contributed by atoms with E-state index in [4.69, 9.17) is 0 Å². The van der Waals surface area contributed by atoms with Crippen molar-refractivity contribution in [1.29, 1.82) is 0 Å². The number of rotatable bonds is 3. The van der Waals surface area contributed by atoms with Gasteiger partial charge in [-0.2, -0.15) is 24.4 Å². The summed E-state index contributed by atoms with van der Waals surface area (Å²) in [5.74, 6) is 3.68. The first-order chi connectivity index (χ1) is 4.93. The molecule has 0 unspecified atom stereocenters. The van der Waals surface area contributed by atoms with E-state index in [1.807, 2.05) is 0 Å². The Hall–Kier alpha value is 0.660. The molecule has 0 aliphatic carbocycles. The van der Waals surface area contributed by atoms with Crippen LogP contribution in [0, 0.1) is 0 Å². The summed E-state index contributed by atoms with van der Waals surface area (Å²) < 4.78 is 0. The maximum atomic E-state index is 4.19. The molecule has 0 spiro atoms. The summed E-state index contributed by atoms with van der Waals surface area (Å²) in [6.45, 7) is 3.83. The number of thiol groups is 1. The molecule has 3 heteroatoms. The minimum atomic E-state index is 1.03. The average molecular weight is 177 g/mol. The predicted octanol–water partition coefficient (Wildman–Crippen LogP) is 1.36. The first-order valence-corrected chi connectivity index (χ1v) is 5.63. The van der Waals surface area contributed by atoms with Crippen LogP contribution in [0.3, 0.4) is 0 Å². The highest BCUT2D eigenvalue weighted by molar-refractivity contribution is 7.99. The molecule has 1 nitrogen and oxygen atoms in total. The van der Waals surface area contributed by atoms with E-state index in [0.717, 1.165) is 5.75 Å². The van der Waals surface area contributed by atoms with Gasteiger partial charge in [-0.3, -0.25) is 0 Å². The summed E-state index contributed by atoms with van der Waals surface area (Å²) in [5, 5.41) is 0. The van der Waals surface area contributed by atoms with E-state index < -0.39 is 0 Å². The third-order valence-electron chi connectivity index (χ3n) is 1.74. The van der Waals surface area contributed by atoms with E-state index in [2.05, 4.69) is 29.3 Å². The molecule has 1 fully saturated rings. The number of hydrogen-bond donors (Lipinski definition) is 1. The number of nitrogens with zero attached hydrogens (tertiary/aromatic N) is 1. The Labute approximate surface area is 73.0 Å². The topological polar surface area (TPSA) is 3.24 Å². The van der Waals surface area contributed by atoms with Crippen LogP contribution in [0.2, 0.25) is 0 Å². The van der Waals surface area contributed by atoms with Gasteiger partial charge in [-0.15, -0.1) is 0 Å². The standard InChI is InChI=1S/C7H15NS2/c9-5-1-2-8-3-6-10-7-4-8/h9H,1-7H2. The van der Waals surface area contributed by atoms with Gasteiger partial charge in [0.05, 0.1) is 0 Å². The smallest absolute Gasteiger partial charge is 0.00727 e. The fraction of sp³-hybridized carbons (Fsp3) is 1.00. The van der Waals surface area contributed by atoms with Gasteiger partial charge in [0.1, 0.15) is 0 Å². The van der Waals surface area contributed by atoms with E-state index in [9.17, 15) is 0 Å². The van der Waals surface area contributed by atoms with Gasteiger partial charge in [0.15, 0.2) is 0 Å². The molecule has 0 aromatic heterocycles. The molecule has 1 heterocycles. The third kappa shape index (κ3) is 3.17. The van der Waals surface area contributed by atoms with E-state index in [1.54, 1.807) is 0 Å². The van der Waals surface area contributed by atoms with Crippen LogP contribution in [0.5, 0.6) is 0 Å². The predicted molar refractivity (Wildman–Crippen MR) is 52.2 cm³/mol. The van der Waals surface area contributed by atoms with Gasteiger partial charge in [-0.25, -0.2) is 0 Å². The molecule has 1 saturated heterocycles. The third-order valence-corrected chi connectivity index (χ3v) is 2.99. The monoisotopic (exact) mass is 177 g/mol. The van der Waals surface area contributed by atoms with Crippen molar-refractivity contribution >= 4 is 24.4 Å². The van der Waals surface area contributed by atoms with Gasteiger partial charge in [0.2, 0.25) is 0 Å². The molecule has 60 valence electrons. The van der Waals surface area contributed by atoms with E-state index in [0.29, 0.717) is 0 Å². The van der Waals surface area contributed by atoms with E-state index in [-0.39, 0.29) is 0 Å². The Morgan fingerprint density at radius 2 is 2.00 bits per heavy atom. The SMILES string of the molecule is SCCCN1CCSCC1. The Morgan fingerprint density at radius 1 is 1.30 bits per heavy atom. The molecule has 0 amide bonds. The molecule has 0 bridgehead atoms. The lowest BCUT2D eigenvalue weighted by Crippen LogP contribution is -2.33. The quantitative estimate of drug-likeness (QED) is 0.648. The van der Waals surface area contributed by atoms with Crippen molar-refractivity contribution in [3.8, 4) is 0 Å². The fourth-order valence-corrected chi connectivity index (χ4v) is 2.24. The summed E-state index contributed by atoms with van der Waals surface area (Å²) in [6, 6.07) is 0. The molecule has 0 radical (unpaired) electrons. The minimum absolute atomic E-state index is 1.03. The van der Waals surface area contributed by atoms with Gasteiger partial charge in [-0.1, -0.05) is 0 Å². The lowest BCUT2D eigenvalue weighted by Gasteiger charge is -2.25. The zero-order valence-corrected chi connectivity index (χ0v) is 7.96. The Bertz CT molecular complexity index is 81.7. The Kier molecular flexibility index (Phi) is 4.66. The first-order valence-electron chi connectivity index (χ1n) is 3.84. The maximum Gasteiger partial charge on any atom is 0.00727 e. The highest BCUT2D eigenvalue weighted by Crippen LogP contribution is 2.08. The summed E-state index contributed by atoms with van der Waals surface area (Å²) in [6.07, 6.45) is 1.24. The molecule has 0 saturated carbocycles. The van der Waals surface area contributed by atoms with E-state index >= 15 is 0 Å². The van der Waals surface area contributed by atoms with Crippen molar-refractivity contribution in [2.75, 3.05) is 36.9 Å². The van der Waals surface area contributed by atoms with Crippen molar-refractivity contribution < 1.29 is 0 Å². The normalized spacial score (nSPS) is 21.3. The fourth-order valence-electron chi connectivity index (χ4n) is 1.12. The molecule has 0 aromatic carbocycles. The zero-order chi connectivity index (χ0) is 7.23. The van der Waals surface area contributed by atoms with Crippen LogP contribution in [0.25, 0.3) is 0 Å². The highest BCUT2D eigenvalue weighted by atomic mass is 32.2. The van der Waals surface area contributed by atoms with Crippen molar-refractivity contribution in [2.45, 2.75) is 6.42 Å². The zero-order valence-electron chi connectivity index (χ0n) is 6.25. The van der Waals surface area contributed by atoms with Crippen LogP contribution < -0.4 is 0 Å². The highest BCUT2D eigenvalue weighted by Gasteiger charge is 2.08. The van der Waals surface area contributed by atoms with Crippen molar-refractivity contribution in [3.05, 3.63) is 0 Å². The van der Waals surface area contributed by atoms with Crippen molar-refractivity contribution in [2.24, 2.45) is 0 Å². The van der Waals surface area contributed by atoms with Gasteiger partial charge in [-0.05, 0) is 18.7 Å². The maximum absolute atomic E-state index is 4.19. The molecule has 10 heavy (non-hydrogen) atoms. The van der Waals surface area contributed by atoms with Crippen LogP contribution in [0.4, 0.5) is 0 Å². The van der Waals surface area contributed by atoms with Crippen molar-refractivity contribution in [1.82, 2.24) is 4.90 Å². The van der Waals surface area contributed by atoms with Crippen LogP contribution in [-0.4, -0.2) is 41.8 Å². The average Bonchev–Trinajstić information content (AvgIpc) is 2.03. The Morgan fingerprint density at radius 3 is 2.60 bits per heavy atom.